The van der Waals surface area contributed by atoms with Gasteiger partial charge in [-0.2, -0.15) is 0 Å². The van der Waals surface area contributed by atoms with Crippen molar-refractivity contribution in [1.82, 2.24) is 5.32 Å². The van der Waals surface area contributed by atoms with Crippen LogP contribution in [0.1, 0.15) is 25.8 Å². The maximum absolute atomic E-state index is 11.8. The molecule has 1 aromatic rings. The van der Waals surface area contributed by atoms with Gasteiger partial charge in [-0.25, -0.2) is 4.79 Å². The van der Waals surface area contributed by atoms with E-state index in [9.17, 15) is 9.59 Å². The molecule has 0 aliphatic heterocycles. The Hall–Kier alpha value is -1.52. The van der Waals surface area contributed by atoms with Gasteiger partial charge in [-0.15, -0.1) is 0 Å². The standard InChI is InChI=1S/C15H17Cl2NO3/c1-9(2)7-13(15(20)21)18-14(19)6-3-10-8-11(16)4-5-12(10)17/h3-6,8-9,13H,7H2,1-2H3,(H,18,19)(H,20,21)/b6-3+/t13-/m0/s1. The molecule has 1 atom stereocenters. The van der Waals surface area contributed by atoms with E-state index in [1.165, 1.54) is 12.2 Å². The van der Waals surface area contributed by atoms with Gasteiger partial charge in [0.25, 0.3) is 0 Å². The number of rotatable bonds is 6. The Labute approximate surface area is 133 Å². The molecule has 0 saturated heterocycles. The Morgan fingerprint density at radius 3 is 2.57 bits per heavy atom. The minimum absolute atomic E-state index is 0.165. The Kier molecular flexibility index (Phi) is 6.72. The summed E-state index contributed by atoms with van der Waals surface area (Å²) in [5.41, 5.74) is 0.593. The summed E-state index contributed by atoms with van der Waals surface area (Å²) < 4.78 is 0. The van der Waals surface area contributed by atoms with E-state index >= 15 is 0 Å². The zero-order chi connectivity index (χ0) is 16.0. The van der Waals surface area contributed by atoms with E-state index < -0.39 is 17.9 Å². The fourth-order valence-electron chi connectivity index (χ4n) is 1.72. The number of carboxylic acid groups (broad SMARTS) is 1. The molecule has 6 heteroatoms. The van der Waals surface area contributed by atoms with Crippen molar-refractivity contribution >= 4 is 41.2 Å². The molecule has 0 fully saturated rings. The van der Waals surface area contributed by atoms with Gasteiger partial charge in [0, 0.05) is 16.1 Å². The lowest BCUT2D eigenvalue weighted by atomic mass is 10.0. The van der Waals surface area contributed by atoms with Crippen molar-refractivity contribution in [3.05, 3.63) is 39.9 Å². The number of carbonyl (C=O) groups excluding carboxylic acids is 1. The number of hydrogen-bond donors (Lipinski definition) is 2. The second kappa shape index (κ2) is 8.05. The van der Waals surface area contributed by atoms with Crippen molar-refractivity contribution < 1.29 is 14.7 Å². The maximum Gasteiger partial charge on any atom is 0.326 e. The smallest absolute Gasteiger partial charge is 0.326 e. The van der Waals surface area contributed by atoms with Crippen LogP contribution in [0, 0.1) is 5.92 Å². The van der Waals surface area contributed by atoms with Crippen molar-refractivity contribution in [3.63, 3.8) is 0 Å². The van der Waals surface area contributed by atoms with E-state index in [4.69, 9.17) is 28.3 Å². The third-order valence-electron chi connectivity index (χ3n) is 2.69. The summed E-state index contributed by atoms with van der Waals surface area (Å²) in [6.45, 7) is 3.79. The second-order valence-corrected chi connectivity index (χ2v) is 5.87. The van der Waals surface area contributed by atoms with Crippen LogP contribution in [-0.4, -0.2) is 23.0 Å². The third kappa shape index (κ3) is 6.19. The predicted octanol–water partition coefficient (Wildman–Crippen LogP) is 3.62. The summed E-state index contributed by atoms with van der Waals surface area (Å²) in [6.07, 6.45) is 3.11. The Bertz CT molecular complexity index is 556. The molecule has 0 aromatic heterocycles. The zero-order valence-corrected chi connectivity index (χ0v) is 13.3. The summed E-state index contributed by atoms with van der Waals surface area (Å²) in [4.78, 5) is 22.8. The van der Waals surface area contributed by atoms with Gasteiger partial charge in [0.15, 0.2) is 0 Å². The van der Waals surface area contributed by atoms with Crippen molar-refractivity contribution in [1.29, 1.82) is 0 Å². The zero-order valence-electron chi connectivity index (χ0n) is 11.8. The molecule has 0 unspecified atom stereocenters. The van der Waals surface area contributed by atoms with E-state index in [-0.39, 0.29) is 5.92 Å². The Morgan fingerprint density at radius 2 is 2.00 bits per heavy atom. The molecule has 21 heavy (non-hydrogen) atoms. The SMILES string of the molecule is CC(C)C[C@H](NC(=O)/C=C/c1cc(Cl)ccc1Cl)C(=O)O. The van der Waals surface area contributed by atoms with Gasteiger partial charge >= 0.3 is 5.97 Å². The van der Waals surface area contributed by atoms with Crippen LogP contribution in [0.4, 0.5) is 0 Å². The average Bonchev–Trinajstić information content (AvgIpc) is 2.38. The third-order valence-corrected chi connectivity index (χ3v) is 3.27. The summed E-state index contributed by atoms with van der Waals surface area (Å²) in [5.74, 6) is -1.37. The van der Waals surface area contributed by atoms with Gasteiger partial charge in [-0.1, -0.05) is 37.0 Å². The molecule has 0 aliphatic rings. The van der Waals surface area contributed by atoms with Crippen LogP contribution in [0.2, 0.25) is 10.0 Å². The quantitative estimate of drug-likeness (QED) is 0.783. The highest BCUT2D eigenvalue weighted by atomic mass is 35.5. The van der Waals surface area contributed by atoms with E-state index in [0.29, 0.717) is 22.0 Å². The van der Waals surface area contributed by atoms with Gasteiger partial charge in [0.1, 0.15) is 6.04 Å². The fraction of sp³-hybridized carbons (Fsp3) is 0.333. The highest BCUT2D eigenvalue weighted by Crippen LogP contribution is 2.21. The van der Waals surface area contributed by atoms with Crippen molar-refractivity contribution in [2.24, 2.45) is 5.92 Å². The molecule has 1 aromatic carbocycles. The van der Waals surface area contributed by atoms with Crippen molar-refractivity contribution in [2.75, 3.05) is 0 Å². The second-order valence-electron chi connectivity index (χ2n) is 5.03. The molecule has 4 nitrogen and oxygen atoms in total. The van der Waals surface area contributed by atoms with E-state index in [2.05, 4.69) is 5.32 Å². The van der Waals surface area contributed by atoms with E-state index in [1.54, 1.807) is 18.2 Å². The van der Waals surface area contributed by atoms with Gasteiger partial charge < -0.3 is 10.4 Å². The molecule has 0 saturated carbocycles. The summed E-state index contributed by atoms with van der Waals surface area (Å²) >= 11 is 11.8. The molecular weight excluding hydrogens is 313 g/mol. The first-order valence-electron chi connectivity index (χ1n) is 6.46. The number of amides is 1. The van der Waals surface area contributed by atoms with Crippen molar-refractivity contribution in [2.45, 2.75) is 26.3 Å². The van der Waals surface area contributed by atoms with E-state index in [0.717, 1.165) is 0 Å². The summed E-state index contributed by atoms with van der Waals surface area (Å²) in [7, 11) is 0. The van der Waals surface area contributed by atoms with Crippen LogP contribution < -0.4 is 5.32 Å². The monoisotopic (exact) mass is 329 g/mol. The number of carboxylic acids is 1. The average molecular weight is 330 g/mol. The minimum Gasteiger partial charge on any atom is -0.480 e. The topological polar surface area (TPSA) is 66.4 Å². The van der Waals surface area contributed by atoms with Crippen LogP contribution in [-0.2, 0) is 9.59 Å². The van der Waals surface area contributed by atoms with Crippen LogP contribution in [0.25, 0.3) is 6.08 Å². The molecule has 1 amide bonds. The highest BCUT2D eigenvalue weighted by molar-refractivity contribution is 6.34. The lowest BCUT2D eigenvalue weighted by Crippen LogP contribution is -2.40. The molecule has 0 aliphatic carbocycles. The lowest BCUT2D eigenvalue weighted by Gasteiger charge is -2.15. The molecule has 114 valence electrons. The molecule has 0 bridgehead atoms. The van der Waals surface area contributed by atoms with Crippen molar-refractivity contribution in [3.8, 4) is 0 Å². The number of hydrogen-bond acceptors (Lipinski definition) is 2. The molecular formula is C15H17Cl2NO3. The lowest BCUT2D eigenvalue weighted by molar-refractivity contribution is -0.141. The number of nitrogens with one attached hydrogen (secondary N) is 1. The van der Waals surface area contributed by atoms with Crippen LogP contribution in [0.5, 0.6) is 0 Å². The van der Waals surface area contributed by atoms with E-state index in [1.807, 2.05) is 13.8 Å². The van der Waals surface area contributed by atoms with Crippen LogP contribution in [0.15, 0.2) is 24.3 Å². The number of aliphatic carboxylic acids is 1. The van der Waals surface area contributed by atoms with Gasteiger partial charge in [0.2, 0.25) is 5.91 Å². The molecule has 0 radical (unpaired) electrons. The summed E-state index contributed by atoms with van der Waals surface area (Å²) in [5, 5.41) is 12.5. The normalized spacial score (nSPS) is 12.6. The summed E-state index contributed by atoms with van der Waals surface area (Å²) in [6, 6.07) is 3.98. The number of carbonyl (C=O) groups is 2. The van der Waals surface area contributed by atoms with Gasteiger partial charge in [-0.3, -0.25) is 4.79 Å². The molecule has 1 rings (SSSR count). The first kappa shape index (κ1) is 17.5. The largest absolute Gasteiger partial charge is 0.480 e. The van der Waals surface area contributed by atoms with Crippen LogP contribution >= 0.6 is 23.2 Å². The minimum atomic E-state index is -1.05. The van der Waals surface area contributed by atoms with Crippen LogP contribution in [0.3, 0.4) is 0 Å². The number of benzene rings is 1. The Morgan fingerprint density at radius 1 is 1.33 bits per heavy atom. The Balaban J connectivity index is 2.73. The first-order chi connectivity index (χ1) is 9.79. The highest BCUT2D eigenvalue weighted by Gasteiger charge is 2.19. The maximum atomic E-state index is 11.8. The predicted molar refractivity (Wildman–Crippen MR) is 84.5 cm³/mol. The molecule has 2 N–H and O–H groups in total. The van der Waals surface area contributed by atoms with Gasteiger partial charge in [0.05, 0.1) is 0 Å². The first-order valence-corrected chi connectivity index (χ1v) is 7.21. The molecule has 0 spiro atoms. The number of halogens is 2. The molecule has 0 heterocycles. The fourth-order valence-corrected chi connectivity index (χ4v) is 2.08. The van der Waals surface area contributed by atoms with Gasteiger partial charge in [-0.05, 0) is 42.2 Å².